The highest BCUT2D eigenvalue weighted by molar-refractivity contribution is 6.08. The quantitative estimate of drug-likeness (QED) is 0.543. The van der Waals surface area contributed by atoms with E-state index in [0.29, 0.717) is 11.3 Å². The van der Waals surface area contributed by atoms with Gasteiger partial charge in [-0.2, -0.15) is 0 Å². The Hall–Kier alpha value is -2.88. The van der Waals surface area contributed by atoms with Crippen LogP contribution in [0, 0.1) is 13.8 Å². The number of benzene rings is 1. The van der Waals surface area contributed by atoms with Gasteiger partial charge in [-0.25, -0.2) is 4.98 Å². The van der Waals surface area contributed by atoms with E-state index in [0.717, 1.165) is 22.6 Å². The van der Waals surface area contributed by atoms with Crippen molar-refractivity contribution in [2.45, 2.75) is 13.8 Å². The number of imidazole rings is 1. The Morgan fingerprint density at radius 1 is 1.22 bits per heavy atom. The summed E-state index contributed by atoms with van der Waals surface area (Å²) in [6.45, 7) is 3.90. The number of pyridine rings is 1. The maximum absolute atomic E-state index is 12.5. The molecule has 0 bridgehead atoms. The van der Waals surface area contributed by atoms with E-state index in [1.54, 1.807) is 25.3 Å². The number of carbonyl (C=O) groups is 1. The lowest BCUT2D eigenvalue weighted by Gasteiger charge is -2.06. The Bertz CT molecular complexity index is 907. The molecule has 0 aliphatic rings. The van der Waals surface area contributed by atoms with Crippen LogP contribution < -0.4 is 4.74 Å². The van der Waals surface area contributed by atoms with Crippen LogP contribution in [0.2, 0.25) is 0 Å². The molecule has 0 amide bonds. The van der Waals surface area contributed by atoms with Gasteiger partial charge < -0.3 is 9.14 Å². The first-order valence-corrected chi connectivity index (χ1v) is 7.41. The molecule has 2 aromatic heterocycles. The van der Waals surface area contributed by atoms with Crippen molar-refractivity contribution in [3.05, 3.63) is 71.3 Å². The Kier molecular flexibility index (Phi) is 3.98. The van der Waals surface area contributed by atoms with Crippen LogP contribution in [0.4, 0.5) is 0 Å². The zero-order chi connectivity index (χ0) is 16.4. The molecule has 0 fully saturated rings. The fraction of sp³-hybridized carbons (Fsp3) is 0.158. The zero-order valence-corrected chi connectivity index (χ0v) is 13.4. The highest BCUT2D eigenvalue weighted by atomic mass is 16.5. The molecule has 4 nitrogen and oxygen atoms in total. The minimum atomic E-state index is -0.100. The van der Waals surface area contributed by atoms with Crippen LogP contribution in [0.25, 0.3) is 11.6 Å². The average Bonchev–Trinajstić information content (AvgIpc) is 2.89. The molecule has 116 valence electrons. The first-order valence-electron chi connectivity index (χ1n) is 7.41. The van der Waals surface area contributed by atoms with Crippen LogP contribution in [0.15, 0.2) is 48.7 Å². The summed E-state index contributed by atoms with van der Waals surface area (Å²) in [4.78, 5) is 17.0. The van der Waals surface area contributed by atoms with Gasteiger partial charge in [-0.05, 0) is 55.8 Å². The molecule has 0 radical (unpaired) electrons. The molecule has 2 heterocycles. The van der Waals surface area contributed by atoms with Gasteiger partial charge in [0.1, 0.15) is 11.6 Å². The fourth-order valence-electron chi connectivity index (χ4n) is 2.59. The van der Waals surface area contributed by atoms with E-state index in [2.05, 4.69) is 4.98 Å². The van der Waals surface area contributed by atoms with Gasteiger partial charge in [0.25, 0.3) is 0 Å². The van der Waals surface area contributed by atoms with E-state index >= 15 is 0 Å². The largest absolute Gasteiger partial charge is 0.496 e. The van der Waals surface area contributed by atoms with Crippen LogP contribution in [0.5, 0.6) is 5.75 Å². The number of aromatic nitrogens is 2. The molecule has 0 aliphatic heterocycles. The highest BCUT2D eigenvalue weighted by Crippen LogP contribution is 2.21. The number of fused-ring (bicyclic) bond motifs is 1. The molecular weight excluding hydrogens is 288 g/mol. The fourth-order valence-corrected chi connectivity index (χ4v) is 2.59. The van der Waals surface area contributed by atoms with Gasteiger partial charge in [0.15, 0.2) is 5.78 Å². The molecule has 4 heteroatoms. The first-order chi connectivity index (χ1) is 11.1. The lowest BCUT2D eigenvalue weighted by Crippen LogP contribution is -1.99. The number of methoxy groups -OCH3 is 1. The summed E-state index contributed by atoms with van der Waals surface area (Å²) in [6.07, 6.45) is 5.26. The Morgan fingerprint density at radius 3 is 2.83 bits per heavy atom. The smallest absolute Gasteiger partial charge is 0.189 e. The van der Waals surface area contributed by atoms with Crippen molar-refractivity contribution in [3.63, 3.8) is 0 Å². The van der Waals surface area contributed by atoms with E-state index in [1.165, 1.54) is 0 Å². The number of ketones is 1. The van der Waals surface area contributed by atoms with Crippen molar-refractivity contribution in [1.82, 2.24) is 9.38 Å². The SMILES string of the molecule is COc1cc(C)ccc1C(=O)/C=C/c1nc(C)n2ccccc12. The number of nitrogens with zero attached hydrogens (tertiary/aromatic N) is 2. The van der Waals surface area contributed by atoms with Gasteiger partial charge in [0.2, 0.25) is 0 Å². The van der Waals surface area contributed by atoms with Gasteiger partial charge in [-0.1, -0.05) is 12.1 Å². The Morgan fingerprint density at radius 2 is 2.04 bits per heavy atom. The molecule has 23 heavy (non-hydrogen) atoms. The van der Waals surface area contributed by atoms with Gasteiger partial charge in [0.05, 0.1) is 23.9 Å². The number of aryl methyl sites for hydroxylation is 2. The van der Waals surface area contributed by atoms with Crippen molar-refractivity contribution < 1.29 is 9.53 Å². The minimum Gasteiger partial charge on any atom is -0.496 e. The molecule has 1 aromatic carbocycles. The van der Waals surface area contributed by atoms with Crippen LogP contribution in [0.3, 0.4) is 0 Å². The van der Waals surface area contributed by atoms with E-state index in [4.69, 9.17) is 4.74 Å². The summed E-state index contributed by atoms with van der Waals surface area (Å²) in [5.74, 6) is 1.38. The molecule has 0 N–H and O–H groups in total. The molecule has 3 aromatic rings. The van der Waals surface area contributed by atoms with Crippen molar-refractivity contribution in [3.8, 4) is 5.75 Å². The van der Waals surface area contributed by atoms with Crippen molar-refractivity contribution in [2.75, 3.05) is 7.11 Å². The van der Waals surface area contributed by atoms with Gasteiger partial charge >= 0.3 is 0 Å². The van der Waals surface area contributed by atoms with Crippen LogP contribution in [-0.4, -0.2) is 22.3 Å². The van der Waals surface area contributed by atoms with Crippen molar-refractivity contribution in [1.29, 1.82) is 0 Å². The predicted molar refractivity (Wildman–Crippen MR) is 91.0 cm³/mol. The minimum absolute atomic E-state index is 0.100. The summed E-state index contributed by atoms with van der Waals surface area (Å²) >= 11 is 0. The second kappa shape index (κ2) is 6.08. The molecule has 0 unspecified atom stereocenters. The summed E-state index contributed by atoms with van der Waals surface area (Å²) in [5, 5.41) is 0. The predicted octanol–water partition coefficient (Wildman–Crippen LogP) is 3.86. The van der Waals surface area contributed by atoms with Gasteiger partial charge in [-0.3, -0.25) is 4.79 Å². The number of ether oxygens (including phenoxy) is 1. The third-order valence-electron chi connectivity index (χ3n) is 3.77. The summed E-state index contributed by atoms with van der Waals surface area (Å²) in [5.41, 5.74) is 3.36. The average molecular weight is 306 g/mol. The molecule has 0 atom stereocenters. The lowest BCUT2D eigenvalue weighted by molar-refractivity contribution is 0.104. The molecule has 0 saturated heterocycles. The number of hydrogen-bond donors (Lipinski definition) is 0. The standard InChI is InChI=1S/C19H18N2O2/c1-13-7-8-15(19(12-13)23-3)18(22)10-9-16-17-6-4-5-11-21(17)14(2)20-16/h4-12H,1-3H3/b10-9+. The number of rotatable bonds is 4. The van der Waals surface area contributed by atoms with E-state index < -0.39 is 0 Å². The van der Waals surface area contributed by atoms with Gasteiger partial charge in [0, 0.05) is 6.20 Å². The zero-order valence-electron chi connectivity index (χ0n) is 13.4. The van der Waals surface area contributed by atoms with Crippen molar-refractivity contribution in [2.24, 2.45) is 0 Å². The number of hydrogen-bond acceptors (Lipinski definition) is 3. The summed E-state index contributed by atoms with van der Waals surface area (Å²) in [6, 6.07) is 11.4. The Balaban J connectivity index is 1.94. The van der Waals surface area contributed by atoms with E-state index in [-0.39, 0.29) is 5.78 Å². The topological polar surface area (TPSA) is 43.6 Å². The third kappa shape index (κ3) is 2.88. The third-order valence-corrected chi connectivity index (χ3v) is 3.77. The highest BCUT2D eigenvalue weighted by Gasteiger charge is 2.10. The van der Waals surface area contributed by atoms with Crippen LogP contribution >= 0.6 is 0 Å². The second-order valence-electron chi connectivity index (χ2n) is 5.40. The molecule has 0 spiro atoms. The maximum Gasteiger partial charge on any atom is 0.189 e. The maximum atomic E-state index is 12.5. The summed E-state index contributed by atoms with van der Waals surface area (Å²) < 4.78 is 7.30. The van der Waals surface area contributed by atoms with E-state index in [1.807, 2.05) is 54.8 Å². The van der Waals surface area contributed by atoms with Crippen molar-refractivity contribution >= 4 is 17.4 Å². The first kappa shape index (κ1) is 15.0. The molecule has 0 aliphatic carbocycles. The lowest BCUT2D eigenvalue weighted by atomic mass is 10.1. The van der Waals surface area contributed by atoms with Gasteiger partial charge in [-0.15, -0.1) is 0 Å². The monoisotopic (exact) mass is 306 g/mol. The molecular formula is C19H18N2O2. The Labute approximate surface area is 135 Å². The number of allylic oxidation sites excluding steroid dienone is 1. The molecule has 0 saturated carbocycles. The van der Waals surface area contributed by atoms with E-state index in [9.17, 15) is 4.79 Å². The molecule has 3 rings (SSSR count). The number of carbonyl (C=O) groups excluding carboxylic acids is 1. The van der Waals surface area contributed by atoms with Crippen LogP contribution in [0.1, 0.15) is 27.4 Å². The summed E-state index contributed by atoms with van der Waals surface area (Å²) in [7, 11) is 1.57. The van der Waals surface area contributed by atoms with Crippen LogP contribution in [-0.2, 0) is 0 Å². The second-order valence-corrected chi connectivity index (χ2v) is 5.40. The normalized spacial score (nSPS) is 11.3.